The summed E-state index contributed by atoms with van der Waals surface area (Å²) in [5.41, 5.74) is 1.13. The third-order valence-electron chi connectivity index (χ3n) is 3.38. The largest absolute Gasteiger partial charge is 0.487 e. The van der Waals surface area contributed by atoms with Gasteiger partial charge in [0.2, 0.25) is 5.75 Å². The molecule has 25 heavy (non-hydrogen) atoms. The van der Waals surface area contributed by atoms with Crippen LogP contribution in [0.4, 0.5) is 0 Å². The Morgan fingerprint density at radius 2 is 1.28 bits per heavy atom. The van der Waals surface area contributed by atoms with Crippen LogP contribution in [0.2, 0.25) is 0 Å². The molecule has 0 unspecified atom stereocenters. The van der Waals surface area contributed by atoms with Crippen molar-refractivity contribution in [2.24, 2.45) is 0 Å². The molecule has 0 aromatic heterocycles. The molecule has 0 heterocycles. The molecule has 6 nitrogen and oxygen atoms in total. The second-order valence-electron chi connectivity index (χ2n) is 5.21. The quantitative estimate of drug-likeness (QED) is 0.450. The van der Waals surface area contributed by atoms with Gasteiger partial charge >= 0.3 is 0 Å². The predicted molar refractivity (Wildman–Crippen MR) is 97.2 cm³/mol. The Morgan fingerprint density at radius 3 is 1.80 bits per heavy atom. The van der Waals surface area contributed by atoms with Gasteiger partial charge in [0.05, 0.1) is 33.0 Å². The molecule has 144 valence electrons. The summed E-state index contributed by atoms with van der Waals surface area (Å²) in [7, 11) is 1.65. The fraction of sp³-hybridized carbons (Fsp3) is 0.684. The summed E-state index contributed by atoms with van der Waals surface area (Å²) in [5.74, 6) is 2.01. The van der Waals surface area contributed by atoms with Gasteiger partial charge in [-0.3, -0.25) is 0 Å². The topological polar surface area (TPSA) is 55.4 Å². The molecule has 6 heteroatoms. The van der Waals surface area contributed by atoms with Crippen molar-refractivity contribution in [3.05, 3.63) is 17.7 Å². The lowest BCUT2D eigenvalue weighted by Gasteiger charge is -2.18. The summed E-state index contributed by atoms with van der Waals surface area (Å²) < 4.78 is 33.2. The number of aryl methyl sites for hydroxylation is 1. The van der Waals surface area contributed by atoms with Crippen molar-refractivity contribution in [2.75, 3.05) is 60.0 Å². The summed E-state index contributed by atoms with van der Waals surface area (Å²) >= 11 is 0. The van der Waals surface area contributed by atoms with Crippen LogP contribution in [0, 0.1) is 0 Å². The lowest BCUT2D eigenvalue weighted by atomic mass is 10.1. The van der Waals surface area contributed by atoms with Crippen LogP contribution in [0.1, 0.15) is 26.3 Å². The Labute approximate surface area is 151 Å². The Bertz CT molecular complexity index is 463. The van der Waals surface area contributed by atoms with Crippen molar-refractivity contribution in [1.29, 1.82) is 0 Å². The molecule has 0 saturated heterocycles. The molecule has 0 aliphatic carbocycles. The lowest BCUT2D eigenvalue weighted by Crippen LogP contribution is -2.12. The number of methoxy groups -OCH3 is 1. The summed E-state index contributed by atoms with van der Waals surface area (Å²) in [6.07, 6.45) is 0.884. The van der Waals surface area contributed by atoms with Crippen LogP contribution < -0.4 is 14.2 Å². The van der Waals surface area contributed by atoms with Gasteiger partial charge in [-0.25, -0.2) is 0 Å². The smallest absolute Gasteiger partial charge is 0.203 e. The molecule has 0 spiro atoms. The maximum atomic E-state index is 5.88. The van der Waals surface area contributed by atoms with Crippen LogP contribution in [0.25, 0.3) is 0 Å². The van der Waals surface area contributed by atoms with Gasteiger partial charge in [-0.2, -0.15) is 0 Å². The van der Waals surface area contributed by atoms with Crippen LogP contribution in [-0.4, -0.2) is 60.0 Å². The molecule has 0 fully saturated rings. The van der Waals surface area contributed by atoms with Crippen molar-refractivity contribution < 1.29 is 28.4 Å². The van der Waals surface area contributed by atoms with Crippen molar-refractivity contribution in [3.63, 3.8) is 0 Å². The van der Waals surface area contributed by atoms with E-state index < -0.39 is 0 Å². The van der Waals surface area contributed by atoms with Crippen molar-refractivity contribution in [3.8, 4) is 17.2 Å². The van der Waals surface area contributed by atoms with E-state index in [1.165, 1.54) is 0 Å². The Hall–Kier alpha value is -1.50. The summed E-state index contributed by atoms with van der Waals surface area (Å²) in [6.45, 7) is 10.3. The lowest BCUT2D eigenvalue weighted by molar-refractivity contribution is 0.0537. The van der Waals surface area contributed by atoms with Crippen molar-refractivity contribution in [1.82, 2.24) is 0 Å². The van der Waals surface area contributed by atoms with Gasteiger partial charge in [0.15, 0.2) is 11.5 Å². The molecular formula is C19H32O6. The van der Waals surface area contributed by atoms with Crippen LogP contribution >= 0.6 is 0 Å². The van der Waals surface area contributed by atoms with E-state index in [4.69, 9.17) is 28.4 Å². The zero-order valence-corrected chi connectivity index (χ0v) is 16.0. The second kappa shape index (κ2) is 13.8. The van der Waals surface area contributed by atoms with Gasteiger partial charge in [-0.15, -0.1) is 0 Å². The van der Waals surface area contributed by atoms with E-state index in [1.807, 2.05) is 26.0 Å². The molecule has 0 aliphatic heterocycles. The Kier molecular flexibility index (Phi) is 11.9. The first-order chi connectivity index (χ1) is 12.3. The van der Waals surface area contributed by atoms with E-state index in [9.17, 15) is 0 Å². The number of rotatable bonds is 15. The van der Waals surface area contributed by atoms with Crippen LogP contribution in [-0.2, 0) is 20.6 Å². The predicted octanol–water partition coefficient (Wildman–Crippen LogP) is 3.10. The minimum Gasteiger partial charge on any atom is -0.487 e. The third-order valence-corrected chi connectivity index (χ3v) is 3.38. The summed E-state index contributed by atoms with van der Waals surface area (Å²) in [4.78, 5) is 0. The van der Waals surface area contributed by atoms with Crippen LogP contribution in [0.5, 0.6) is 17.2 Å². The van der Waals surface area contributed by atoms with Gasteiger partial charge in [-0.05, 0) is 38.0 Å². The van der Waals surface area contributed by atoms with Gasteiger partial charge in [0, 0.05) is 13.7 Å². The van der Waals surface area contributed by atoms with Crippen molar-refractivity contribution >= 4 is 0 Å². The zero-order chi connectivity index (χ0) is 18.3. The molecule has 1 aromatic rings. The maximum absolute atomic E-state index is 5.88. The minimum absolute atomic E-state index is 0.440. The molecule has 0 N–H and O–H groups in total. The maximum Gasteiger partial charge on any atom is 0.203 e. The standard InChI is InChI=1S/C19H32O6/c1-5-16-14-17(24-12-10-21-6-2)19(23-7-3)18(15-16)25-13-11-22-9-8-20-4/h14-15H,5-13H2,1-4H3. The average Bonchev–Trinajstić information content (AvgIpc) is 2.63. The zero-order valence-electron chi connectivity index (χ0n) is 16.0. The van der Waals surface area contributed by atoms with Gasteiger partial charge in [0.1, 0.15) is 13.2 Å². The number of benzene rings is 1. The highest BCUT2D eigenvalue weighted by Gasteiger charge is 2.15. The summed E-state index contributed by atoms with van der Waals surface area (Å²) in [6, 6.07) is 3.99. The molecule has 0 bridgehead atoms. The van der Waals surface area contributed by atoms with Crippen LogP contribution in [0.15, 0.2) is 12.1 Å². The van der Waals surface area contributed by atoms with Gasteiger partial charge in [0.25, 0.3) is 0 Å². The number of ether oxygens (including phenoxy) is 6. The average molecular weight is 356 g/mol. The van der Waals surface area contributed by atoms with Crippen LogP contribution in [0.3, 0.4) is 0 Å². The van der Waals surface area contributed by atoms with E-state index in [2.05, 4.69) is 6.92 Å². The normalized spacial score (nSPS) is 10.7. The van der Waals surface area contributed by atoms with Crippen molar-refractivity contribution in [2.45, 2.75) is 27.2 Å². The second-order valence-corrected chi connectivity index (χ2v) is 5.21. The SMILES string of the molecule is CCOCCOc1cc(CC)cc(OCCOCCOC)c1OCC. The molecule has 0 atom stereocenters. The monoisotopic (exact) mass is 356 g/mol. The third kappa shape index (κ3) is 8.43. The van der Waals surface area contributed by atoms with E-state index >= 15 is 0 Å². The molecule has 0 amide bonds. The molecule has 1 aromatic carbocycles. The fourth-order valence-electron chi connectivity index (χ4n) is 2.15. The highest BCUT2D eigenvalue weighted by atomic mass is 16.6. The Morgan fingerprint density at radius 1 is 0.680 bits per heavy atom. The summed E-state index contributed by atoms with van der Waals surface area (Å²) in [5, 5.41) is 0. The minimum atomic E-state index is 0.440. The fourth-order valence-corrected chi connectivity index (χ4v) is 2.15. The molecule has 0 saturated carbocycles. The Balaban J connectivity index is 2.74. The number of hydrogen-bond acceptors (Lipinski definition) is 6. The van der Waals surface area contributed by atoms with E-state index in [1.54, 1.807) is 7.11 Å². The van der Waals surface area contributed by atoms with Gasteiger partial charge in [-0.1, -0.05) is 6.92 Å². The first-order valence-corrected chi connectivity index (χ1v) is 8.96. The molecule has 0 aliphatic rings. The molecule has 1 rings (SSSR count). The van der Waals surface area contributed by atoms with E-state index in [0.717, 1.165) is 12.0 Å². The first-order valence-electron chi connectivity index (χ1n) is 8.96. The molecular weight excluding hydrogens is 324 g/mol. The van der Waals surface area contributed by atoms with E-state index in [-0.39, 0.29) is 0 Å². The highest BCUT2D eigenvalue weighted by molar-refractivity contribution is 5.54. The highest BCUT2D eigenvalue weighted by Crippen LogP contribution is 2.39. The molecule has 0 radical (unpaired) electrons. The number of hydrogen-bond donors (Lipinski definition) is 0. The first kappa shape index (κ1) is 21.5. The van der Waals surface area contributed by atoms with E-state index in [0.29, 0.717) is 70.1 Å². The van der Waals surface area contributed by atoms with Gasteiger partial charge < -0.3 is 28.4 Å².